The summed E-state index contributed by atoms with van der Waals surface area (Å²) >= 11 is 9.28. The third-order valence-corrected chi connectivity index (χ3v) is 4.96. The number of hydrogen-bond acceptors (Lipinski definition) is 4. The van der Waals surface area contributed by atoms with Gasteiger partial charge in [-0.25, -0.2) is 4.98 Å². The number of aromatic nitrogens is 1. The van der Waals surface area contributed by atoms with Crippen molar-refractivity contribution in [3.05, 3.63) is 45.2 Å². The molecule has 1 unspecified atom stereocenters. The average Bonchev–Trinajstić information content (AvgIpc) is 2.75. The zero-order valence-corrected chi connectivity index (χ0v) is 11.8. The Morgan fingerprint density at radius 1 is 1.41 bits per heavy atom. The second kappa shape index (κ2) is 5.87. The Balaban J connectivity index is 2.12. The lowest BCUT2D eigenvalue weighted by Crippen LogP contribution is -2.08. The van der Waals surface area contributed by atoms with E-state index in [0.717, 1.165) is 5.03 Å². The second-order valence-corrected chi connectivity index (χ2v) is 6.58. The fraction of sp³-hybridized carbons (Fsp3) is 0.250. The number of hydrogen-bond donors (Lipinski definition) is 1. The highest BCUT2D eigenvalue weighted by Gasteiger charge is 2.13. The fourth-order valence-corrected chi connectivity index (χ4v) is 3.54. The van der Waals surface area contributed by atoms with E-state index < -0.39 is 0 Å². The first-order valence-electron chi connectivity index (χ1n) is 5.23. The van der Waals surface area contributed by atoms with Gasteiger partial charge in [0.25, 0.3) is 0 Å². The summed E-state index contributed by atoms with van der Waals surface area (Å²) in [6.07, 6.45) is 1.66. The van der Waals surface area contributed by atoms with E-state index in [2.05, 4.69) is 24.0 Å². The van der Waals surface area contributed by atoms with Crippen LogP contribution in [0.1, 0.15) is 15.0 Å². The van der Waals surface area contributed by atoms with Crippen LogP contribution in [0.15, 0.2) is 35.5 Å². The van der Waals surface area contributed by atoms with Gasteiger partial charge in [-0.2, -0.15) is 0 Å². The SMILES string of the molecule is Cc1ccc(C(CN)Sc2ccc(Cl)cn2)s1. The summed E-state index contributed by atoms with van der Waals surface area (Å²) in [5.74, 6) is 0. The predicted molar refractivity (Wildman–Crippen MR) is 76.0 cm³/mol. The van der Waals surface area contributed by atoms with Gasteiger partial charge >= 0.3 is 0 Å². The summed E-state index contributed by atoms with van der Waals surface area (Å²) in [5, 5.41) is 1.88. The molecule has 0 aromatic carbocycles. The van der Waals surface area contributed by atoms with Crippen LogP contribution < -0.4 is 5.73 Å². The first-order chi connectivity index (χ1) is 8.19. The maximum Gasteiger partial charge on any atom is 0.0967 e. The van der Waals surface area contributed by atoms with Crippen LogP contribution in [-0.2, 0) is 0 Å². The second-order valence-electron chi connectivity index (χ2n) is 3.61. The smallest absolute Gasteiger partial charge is 0.0967 e. The van der Waals surface area contributed by atoms with Crippen LogP contribution in [0.4, 0.5) is 0 Å². The minimum atomic E-state index is 0.266. The number of halogens is 1. The van der Waals surface area contributed by atoms with Gasteiger partial charge in [-0.3, -0.25) is 0 Å². The maximum absolute atomic E-state index is 5.82. The molecule has 0 saturated heterocycles. The molecular weight excluding hydrogens is 272 g/mol. The molecule has 0 aliphatic heterocycles. The van der Waals surface area contributed by atoms with Crippen molar-refractivity contribution in [3.63, 3.8) is 0 Å². The van der Waals surface area contributed by atoms with Gasteiger partial charge in [0.15, 0.2) is 0 Å². The Labute approximate surface area is 114 Å². The van der Waals surface area contributed by atoms with Crippen LogP contribution in [-0.4, -0.2) is 11.5 Å². The number of nitrogens with zero attached hydrogens (tertiary/aromatic N) is 1. The number of thioether (sulfide) groups is 1. The van der Waals surface area contributed by atoms with Crippen molar-refractivity contribution in [2.75, 3.05) is 6.54 Å². The molecule has 5 heteroatoms. The van der Waals surface area contributed by atoms with Gasteiger partial charge < -0.3 is 5.73 Å². The van der Waals surface area contributed by atoms with Crippen LogP contribution >= 0.6 is 34.7 Å². The van der Waals surface area contributed by atoms with E-state index in [1.54, 1.807) is 29.3 Å². The average molecular weight is 285 g/mol. The molecule has 2 nitrogen and oxygen atoms in total. The molecule has 2 N–H and O–H groups in total. The first kappa shape index (κ1) is 12.9. The van der Waals surface area contributed by atoms with E-state index in [1.165, 1.54) is 9.75 Å². The van der Waals surface area contributed by atoms with Gasteiger partial charge in [0.2, 0.25) is 0 Å². The largest absolute Gasteiger partial charge is 0.329 e. The molecule has 0 radical (unpaired) electrons. The van der Waals surface area contributed by atoms with Crippen molar-refractivity contribution in [1.82, 2.24) is 4.98 Å². The monoisotopic (exact) mass is 284 g/mol. The van der Waals surface area contributed by atoms with Gasteiger partial charge in [-0.15, -0.1) is 11.3 Å². The van der Waals surface area contributed by atoms with Crippen LogP contribution in [0.3, 0.4) is 0 Å². The molecule has 0 saturated carbocycles. The zero-order valence-electron chi connectivity index (χ0n) is 9.39. The standard InChI is InChI=1S/C12H13ClN2S2/c1-8-2-4-10(16-8)11(6-14)17-12-5-3-9(13)7-15-12/h2-5,7,11H,6,14H2,1H3. The van der Waals surface area contributed by atoms with Gasteiger partial charge in [-0.05, 0) is 31.2 Å². The number of aryl methyl sites for hydroxylation is 1. The molecule has 0 bridgehead atoms. The number of pyridine rings is 1. The molecule has 2 heterocycles. The quantitative estimate of drug-likeness (QED) is 0.866. The van der Waals surface area contributed by atoms with Gasteiger partial charge in [0.05, 0.1) is 15.3 Å². The molecule has 90 valence electrons. The minimum absolute atomic E-state index is 0.266. The molecule has 0 aliphatic carbocycles. The molecule has 2 rings (SSSR count). The molecule has 2 aromatic heterocycles. The Morgan fingerprint density at radius 3 is 2.76 bits per heavy atom. The van der Waals surface area contributed by atoms with E-state index >= 15 is 0 Å². The normalized spacial score (nSPS) is 12.6. The molecular formula is C12H13ClN2S2. The van der Waals surface area contributed by atoms with Crippen molar-refractivity contribution in [1.29, 1.82) is 0 Å². The molecule has 0 aliphatic rings. The molecule has 2 aromatic rings. The molecule has 17 heavy (non-hydrogen) atoms. The molecule has 1 atom stereocenters. The molecule has 0 fully saturated rings. The highest BCUT2D eigenvalue weighted by atomic mass is 35.5. The lowest BCUT2D eigenvalue weighted by Gasteiger charge is -2.11. The molecule has 0 spiro atoms. The number of thiophene rings is 1. The van der Waals surface area contributed by atoms with Gasteiger partial charge in [0.1, 0.15) is 0 Å². The van der Waals surface area contributed by atoms with Crippen LogP contribution in [0.25, 0.3) is 0 Å². The maximum atomic E-state index is 5.82. The van der Waals surface area contributed by atoms with E-state index in [0.29, 0.717) is 11.6 Å². The van der Waals surface area contributed by atoms with Gasteiger partial charge in [-0.1, -0.05) is 23.4 Å². The Bertz CT molecular complexity index is 482. The topological polar surface area (TPSA) is 38.9 Å². The van der Waals surface area contributed by atoms with E-state index in [1.807, 2.05) is 12.1 Å². The molecule has 0 amide bonds. The van der Waals surface area contributed by atoms with Crippen molar-refractivity contribution in [2.45, 2.75) is 17.2 Å². The fourth-order valence-electron chi connectivity index (χ4n) is 1.43. The third kappa shape index (κ3) is 3.45. The number of rotatable bonds is 4. The number of nitrogens with two attached hydrogens (primary N) is 1. The minimum Gasteiger partial charge on any atom is -0.329 e. The lowest BCUT2D eigenvalue weighted by atomic mass is 10.3. The van der Waals surface area contributed by atoms with Crippen molar-refractivity contribution < 1.29 is 0 Å². The zero-order chi connectivity index (χ0) is 12.3. The van der Waals surface area contributed by atoms with Crippen LogP contribution in [0.5, 0.6) is 0 Å². The predicted octanol–water partition coefficient (Wildman–Crippen LogP) is 3.90. The summed E-state index contributed by atoms with van der Waals surface area (Å²) < 4.78 is 0. The summed E-state index contributed by atoms with van der Waals surface area (Å²) in [5.41, 5.74) is 5.82. The Kier molecular flexibility index (Phi) is 4.45. The highest BCUT2D eigenvalue weighted by molar-refractivity contribution is 7.99. The van der Waals surface area contributed by atoms with Crippen LogP contribution in [0.2, 0.25) is 5.02 Å². The Morgan fingerprint density at radius 2 is 2.24 bits per heavy atom. The first-order valence-corrected chi connectivity index (χ1v) is 7.31. The summed E-state index contributed by atoms with van der Waals surface area (Å²) in [4.78, 5) is 6.88. The van der Waals surface area contributed by atoms with Gasteiger partial charge in [0, 0.05) is 22.5 Å². The summed E-state index contributed by atoms with van der Waals surface area (Å²) in [6.45, 7) is 2.71. The summed E-state index contributed by atoms with van der Waals surface area (Å²) in [6, 6.07) is 8.04. The van der Waals surface area contributed by atoms with E-state index in [9.17, 15) is 0 Å². The third-order valence-electron chi connectivity index (χ3n) is 2.26. The van der Waals surface area contributed by atoms with Crippen molar-refractivity contribution in [2.24, 2.45) is 5.73 Å². The van der Waals surface area contributed by atoms with Crippen molar-refractivity contribution in [3.8, 4) is 0 Å². The lowest BCUT2D eigenvalue weighted by molar-refractivity contribution is 0.953. The van der Waals surface area contributed by atoms with E-state index in [4.69, 9.17) is 17.3 Å². The Hall–Kier alpha value is -0.550. The van der Waals surface area contributed by atoms with E-state index in [-0.39, 0.29) is 5.25 Å². The highest BCUT2D eigenvalue weighted by Crippen LogP contribution is 2.36. The summed E-state index contributed by atoms with van der Waals surface area (Å²) in [7, 11) is 0. The van der Waals surface area contributed by atoms with Crippen LogP contribution in [0, 0.1) is 6.92 Å². The van der Waals surface area contributed by atoms with Crippen molar-refractivity contribution >= 4 is 34.7 Å².